The molecule has 0 saturated carbocycles. The third-order valence-corrected chi connectivity index (χ3v) is 5.43. The van der Waals surface area contributed by atoms with E-state index in [0.717, 1.165) is 0 Å². The summed E-state index contributed by atoms with van der Waals surface area (Å²) in [5.41, 5.74) is 2.35. The monoisotopic (exact) mass is 317 g/mol. The number of hydrogen-bond donors (Lipinski definition) is 3. The zero-order valence-corrected chi connectivity index (χ0v) is 13.3. The van der Waals surface area contributed by atoms with Gasteiger partial charge in [0.1, 0.15) is 0 Å². The van der Waals surface area contributed by atoms with Gasteiger partial charge in [0.15, 0.2) is 10.8 Å². The number of imidazole rings is 1. The predicted molar refractivity (Wildman–Crippen MR) is 80.1 cm³/mol. The number of nitrogens with zero attached hydrogens (tertiary/aromatic N) is 2. The van der Waals surface area contributed by atoms with Crippen LogP contribution < -0.4 is 16.0 Å². The fraction of sp³-hybridized carbons (Fsp3) is 0.545. The first-order valence-corrected chi connectivity index (χ1v) is 8.71. The Morgan fingerprint density at radius 2 is 2.20 bits per heavy atom. The Kier molecular flexibility index (Phi) is 4.33. The van der Waals surface area contributed by atoms with E-state index in [1.807, 2.05) is 20.8 Å². The van der Waals surface area contributed by atoms with Crippen molar-refractivity contribution < 1.29 is 8.42 Å². The van der Waals surface area contributed by atoms with Crippen molar-refractivity contribution in [2.45, 2.75) is 38.3 Å². The average Bonchev–Trinajstić information content (AvgIpc) is 2.94. The quantitative estimate of drug-likeness (QED) is 0.552. The highest BCUT2D eigenvalue weighted by molar-refractivity contribution is 7.89. The van der Waals surface area contributed by atoms with Gasteiger partial charge in [-0.05, 0) is 12.3 Å². The van der Waals surface area contributed by atoms with Gasteiger partial charge in [0.2, 0.25) is 5.03 Å². The van der Waals surface area contributed by atoms with E-state index >= 15 is 0 Å². The number of anilines is 1. The van der Waals surface area contributed by atoms with E-state index in [0.29, 0.717) is 11.4 Å². The minimum atomic E-state index is -3.70. The summed E-state index contributed by atoms with van der Waals surface area (Å²) in [6.07, 6.45) is 2.38. The Hall–Kier alpha value is -1.16. The fourth-order valence-electron chi connectivity index (χ4n) is 2.06. The van der Waals surface area contributed by atoms with Crippen molar-refractivity contribution in [1.82, 2.24) is 14.1 Å². The molecule has 0 radical (unpaired) electrons. The number of fused-ring (bicyclic) bond motifs is 1. The van der Waals surface area contributed by atoms with Gasteiger partial charge in [0.05, 0.1) is 0 Å². The van der Waals surface area contributed by atoms with E-state index in [-0.39, 0.29) is 22.8 Å². The molecule has 0 saturated heterocycles. The molecule has 20 heavy (non-hydrogen) atoms. The van der Waals surface area contributed by atoms with Gasteiger partial charge in [-0.2, -0.15) is 4.98 Å². The van der Waals surface area contributed by atoms with Crippen molar-refractivity contribution in [2.75, 3.05) is 5.43 Å². The second-order valence-corrected chi connectivity index (χ2v) is 7.35. The van der Waals surface area contributed by atoms with Crippen LogP contribution in [-0.2, 0) is 10.0 Å². The van der Waals surface area contributed by atoms with Crippen molar-refractivity contribution in [3.8, 4) is 0 Å². The molecule has 1 atom stereocenters. The molecule has 2 rings (SSSR count). The summed E-state index contributed by atoms with van der Waals surface area (Å²) in [6, 6.07) is -0.130. The lowest BCUT2D eigenvalue weighted by molar-refractivity contribution is 0.436. The van der Waals surface area contributed by atoms with Gasteiger partial charge in [-0.15, -0.1) is 11.3 Å². The van der Waals surface area contributed by atoms with E-state index in [1.165, 1.54) is 15.7 Å². The number of nitrogen functional groups attached to an aromatic ring is 1. The standard InChI is InChI=1S/C11H19N5O2S2/c1-4-8(7(2)3)15-20(17,18)10-9(14-12)13-11-16(10)5-6-19-11/h5-8,14-15H,4,12H2,1-3H3. The van der Waals surface area contributed by atoms with Crippen molar-refractivity contribution in [3.05, 3.63) is 11.6 Å². The van der Waals surface area contributed by atoms with Gasteiger partial charge in [-0.3, -0.25) is 4.40 Å². The minimum Gasteiger partial charge on any atom is -0.306 e. The van der Waals surface area contributed by atoms with Crippen molar-refractivity contribution in [1.29, 1.82) is 0 Å². The smallest absolute Gasteiger partial charge is 0.260 e. The summed E-state index contributed by atoms with van der Waals surface area (Å²) in [4.78, 5) is 4.74. The van der Waals surface area contributed by atoms with Gasteiger partial charge >= 0.3 is 0 Å². The van der Waals surface area contributed by atoms with Crippen LogP contribution in [0.4, 0.5) is 5.82 Å². The van der Waals surface area contributed by atoms with E-state index in [9.17, 15) is 8.42 Å². The summed E-state index contributed by atoms with van der Waals surface area (Å²) in [5.74, 6) is 5.74. The summed E-state index contributed by atoms with van der Waals surface area (Å²) < 4.78 is 29.4. The lowest BCUT2D eigenvalue weighted by atomic mass is 10.0. The summed E-state index contributed by atoms with van der Waals surface area (Å²) in [7, 11) is -3.70. The molecule has 2 aromatic heterocycles. The second kappa shape index (κ2) is 5.68. The highest BCUT2D eigenvalue weighted by Crippen LogP contribution is 2.25. The largest absolute Gasteiger partial charge is 0.306 e. The summed E-state index contributed by atoms with van der Waals surface area (Å²) in [5, 5.41) is 1.83. The molecule has 0 bridgehead atoms. The van der Waals surface area contributed by atoms with Crippen molar-refractivity contribution in [2.24, 2.45) is 11.8 Å². The molecule has 7 nitrogen and oxygen atoms in total. The third-order valence-electron chi connectivity index (χ3n) is 3.16. The fourth-order valence-corrected chi connectivity index (χ4v) is 4.55. The van der Waals surface area contributed by atoms with Crippen LogP contribution >= 0.6 is 11.3 Å². The molecule has 0 aromatic carbocycles. The van der Waals surface area contributed by atoms with Gasteiger partial charge in [0.25, 0.3) is 10.0 Å². The summed E-state index contributed by atoms with van der Waals surface area (Å²) >= 11 is 1.35. The zero-order chi connectivity index (χ0) is 14.9. The van der Waals surface area contributed by atoms with Gasteiger partial charge in [-0.25, -0.2) is 19.0 Å². The molecule has 0 fully saturated rings. The normalized spacial score (nSPS) is 14.1. The van der Waals surface area contributed by atoms with Crippen LogP contribution in [0.3, 0.4) is 0 Å². The number of rotatable bonds is 6. The molecule has 112 valence electrons. The Labute approximate surface area is 122 Å². The first kappa shape index (κ1) is 15.2. The Morgan fingerprint density at radius 1 is 1.50 bits per heavy atom. The highest BCUT2D eigenvalue weighted by Gasteiger charge is 2.28. The molecule has 9 heteroatoms. The first-order valence-electron chi connectivity index (χ1n) is 6.35. The second-order valence-electron chi connectivity index (χ2n) is 4.85. The Balaban J connectivity index is 2.48. The van der Waals surface area contributed by atoms with Crippen LogP contribution in [0.1, 0.15) is 27.2 Å². The van der Waals surface area contributed by atoms with Crippen LogP contribution in [0.15, 0.2) is 16.6 Å². The number of thiazole rings is 1. The molecule has 0 aliphatic carbocycles. The maximum absolute atomic E-state index is 12.6. The van der Waals surface area contributed by atoms with Crippen LogP contribution in [0.5, 0.6) is 0 Å². The molecule has 0 spiro atoms. The van der Waals surface area contributed by atoms with E-state index in [2.05, 4.69) is 15.1 Å². The number of sulfonamides is 1. The van der Waals surface area contributed by atoms with Crippen molar-refractivity contribution in [3.63, 3.8) is 0 Å². The zero-order valence-electron chi connectivity index (χ0n) is 11.6. The first-order chi connectivity index (χ1) is 9.40. The molecule has 0 amide bonds. The van der Waals surface area contributed by atoms with Gasteiger partial charge in [-0.1, -0.05) is 20.8 Å². The molecule has 0 aliphatic heterocycles. The number of nitrogens with two attached hydrogens (primary N) is 1. The number of nitrogens with one attached hydrogen (secondary N) is 2. The highest BCUT2D eigenvalue weighted by atomic mass is 32.2. The van der Waals surface area contributed by atoms with Crippen molar-refractivity contribution >= 4 is 32.1 Å². The third kappa shape index (κ3) is 2.66. The lowest BCUT2D eigenvalue weighted by Crippen LogP contribution is -2.38. The SMILES string of the molecule is CCC(NS(=O)(=O)c1c(NN)nc2sccn12)C(C)C. The van der Waals surface area contributed by atoms with Gasteiger partial charge < -0.3 is 5.43 Å². The predicted octanol–water partition coefficient (Wildman–Crippen LogP) is 1.39. The molecule has 4 N–H and O–H groups in total. The number of hydrazine groups is 1. The van der Waals surface area contributed by atoms with Crippen LogP contribution in [0.2, 0.25) is 0 Å². The topological polar surface area (TPSA) is 102 Å². The van der Waals surface area contributed by atoms with Crippen LogP contribution in [-0.4, -0.2) is 23.8 Å². The average molecular weight is 317 g/mol. The maximum Gasteiger partial charge on any atom is 0.260 e. The molecule has 0 aliphatic rings. The van der Waals surface area contributed by atoms with Gasteiger partial charge in [0, 0.05) is 17.6 Å². The maximum atomic E-state index is 12.6. The van der Waals surface area contributed by atoms with E-state index < -0.39 is 10.0 Å². The minimum absolute atomic E-state index is 0.0513. The molecular formula is C11H19N5O2S2. The Morgan fingerprint density at radius 3 is 2.75 bits per heavy atom. The summed E-state index contributed by atoms with van der Waals surface area (Å²) in [6.45, 7) is 5.91. The molecule has 1 unspecified atom stereocenters. The lowest BCUT2D eigenvalue weighted by Gasteiger charge is -2.20. The molecule has 2 aromatic rings. The van der Waals surface area contributed by atoms with E-state index in [4.69, 9.17) is 5.84 Å². The van der Waals surface area contributed by atoms with Crippen LogP contribution in [0.25, 0.3) is 4.96 Å². The van der Waals surface area contributed by atoms with E-state index in [1.54, 1.807) is 11.6 Å². The molecule has 2 heterocycles. The Bertz CT molecular complexity index is 689. The van der Waals surface area contributed by atoms with Crippen LogP contribution in [0, 0.1) is 5.92 Å². The number of hydrogen-bond acceptors (Lipinski definition) is 6. The molecular weight excluding hydrogens is 298 g/mol. The number of aromatic nitrogens is 2.